The molecule has 3 saturated heterocycles. The van der Waals surface area contributed by atoms with Gasteiger partial charge in [0.1, 0.15) is 12.4 Å². The third kappa shape index (κ3) is 17.8. The standard InChI is InChI=1S/C18H26O2.C17H26ClNO3S.C12H14ClNO2.C10H13ClN2O/c1-13(2)18-10-9-17(4,20-18)16(11-18)19-12-15-8-6-5-7-14(15)3;1-4-14(19-22-8-6-7-18)17-15(20)10-13(11-16(17)21)9-12(3)23-5-2;1-12(2)8-16-14(11(12)15)7-9-5-3-4-6-10(9)13;1-7-4-5-8(6-9(7)11)12-10(14)13(2)3/h5-8,13,16H,9-12H2,1-4H3;6-7,12-13,20H,4-5,8-11H2,1-3H3;3-6H,7-8H2,1-2H3;4-6H,1-3H3,(H,12,14)/b;7-6+,19-14+;;. The number of ether oxygens (including phenoxy) is 2. The normalized spacial score (nSPS) is 22.6. The third-order valence-electron chi connectivity index (χ3n) is 13.6. The number of halogens is 3. The summed E-state index contributed by atoms with van der Waals surface area (Å²) in [4.78, 5) is 47.6. The van der Waals surface area contributed by atoms with Gasteiger partial charge in [0, 0.05) is 59.9 Å². The van der Waals surface area contributed by atoms with Crippen LogP contribution in [0.2, 0.25) is 10.0 Å². The van der Waals surface area contributed by atoms with E-state index in [1.54, 1.807) is 26.2 Å². The second-order valence-electron chi connectivity index (χ2n) is 20.5. The number of fused-ring (bicyclic) bond motifs is 2. The number of aryl methyl sites for hydroxylation is 2. The summed E-state index contributed by atoms with van der Waals surface area (Å²) in [7, 11) is 3.37. The van der Waals surface area contributed by atoms with E-state index in [1.807, 2.05) is 75.9 Å². The van der Waals surface area contributed by atoms with Crippen molar-refractivity contribution in [2.24, 2.45) is 22.4 Å². The first-order valence-electron chi connectivity index (χ1n) is 25.3. The average Bonchev–Trinajstić information content (AvgIpc) is 3.94. The molecule has 73 heavy (non-hydrogen) atoms. The van der Waals surface area contributed by atoms with Gasteiger partial charge in [0.15, 0.2) is 5.78 Å². The highest BCUT2D eigenvalue weighted by molar-refractivity contribution is 7.99. The van der Waals surface area contributed by atoms with Gasteiger partial charge in [-0.3, -0.25) is 14.4 Å². The van der Waals surface area contributed by atoms with E-state index in [9.17, 15) is 19.5 Å². The van der Waals surface area contributed by atoms with Crippen molar-refractivity contribution in [3.63, 3.8) is 0 Å². The van der Waals surface area contributed by atoms with Crippen LogP contribution in [0.5, 0.6) is 0 Å². The molecule has 5 unspecified atom stereocenters. The number of amides is 3. The molecule has 3 fully saturated rings. The molecule has 4 aliphatic rings. The van der Waals surface area contributed by atoms with Crippen LogP contribution in [0.3, 0.4) is 0 Å². The van der Waals surface area contributed by atoms with E-state index in [-0.39, 0.29) is 53.3 Å². The molecule has 1 aliphatic carbocycles. The summed E-state index contributed by atoms with van der Waals surface area (Å²) < 4.78 is 12.7. The highest BCUT2D eigenvalue weighted by Gasteiger charge is 2.60. The summed E-state index contributed by atoms with van der Waals surface area (Å²) in [6, 6.07) is 21.2. The van der Waals surface area contributed by atoms with Gasteiger partial charge in [0.05, 0.1) is 53.8 Å². The van der Waals surface area contributed by atoms with E-state index >= 15 is 0 Å². The summed E-state index contributed by atoms with van der Waals surface area (Å²) in [6.07, 6.45) is 7.68. The first-order chi connectivity index (χ1) is 34.5. The molecule has 3 amide bonds. The second kappa shape index (κ2) is 28.7. The first kappa shape index (κ1) is 61.5. The van der Waals surface area contributed by atoms with Crippen LogP contribution >= 0.6 is 46.6 Å². The number of carbonyl (C=O) groups excluding carboxylic acids is 3. The lowest BCUT2D eigenvalue weighted by molar-refractivity contribution is -0.165. The zero-order chi connectivity index (χ0) is 54.1. The topological polar surface area (TPSA) is 139 Å². The number of hydroxylamine groups is 2. The molecule has 402 valence electrons. The molecule has 7 rings (SSSR count). The molecule has 0 spiro atoms. The number of carbonyl (C=O) groups is 3. The number of aliphatic hydroxyl groups is 1. The van der Waals surface area contributed by atoms with Gasteiger partial charge in [-0.2, -0.15) is 11.8 Å². The minimum atomic E-state index is -0.429. The minimum absolute atomic E-state index is 0.00687. The second-order valence-corrected chi connectivity index (χ2v) is 23.3. The van der Waals surface area contributed by atoms with Gasteiger partial charge < -0.3 is 29.6 Å². The van der Waals surface area contributed by atoms with Crippen molar-refractivity contribution in [2.75, 3.05) is 38.4 Å². The predicted octanol–water partition coefficient (Wildman–Crippen LogP) is 14.5. The Labute approximate surface area is 454 Å². The zero-order valence-corrected chi connectivity index (χ0v) is 48.1. The Kier molecular flexibility index (Phi) is 24.2. The van der Waals surface area contributed by atoms with Crippen molar-refractivity contribution in [1.29, 1.82) is 0 Å². The molecule has 0 saturated carbocycles. The Morgan fingerprint density at radius 2 is 1.66 bits per heavy atom. The number of nitrogens with one attached hydrogen (secondary N) is 1. The van der Waals surface area contributed by atoms with Crippen LogP contribution in [0, 0.1) is 31.1 Å². The number of urea groups is 1. The van der Waals surface area contributed by atoms with Gasteiger partial charge in [-0.15, -0.1) is 0 Å². The molecular formula is C57H79Cl3N4O8S. The van der Waals surface area contributed by atoms with Gasteiger partial charge in [-0.25, -0.2) is 9.86 Å². The van der Waals surface area contributed by atoms with Crippen LogP contribution in [0.1, 0.15) is 123 Å². The van der Waals surface area contributed by atoms with Crippen LogP contribution in [0.4, 0.5) is 10.5 Å². The quantitative estimate of drug-likeness (QED) is 0.0815. The van der Waals surface area contributed by atoms with Gasteiger partial charge in [0.2, 0.25) is 0 Å². The summed E-state index contributed by atoms with van der Waals surface area (Å²) >= 11 is 19.2. The van der Waals surface area contributed by atoms with Crippen LogP contribution < -0.4 is 5.32 Å². The SMILES string of the molecule is CC1(C)CON(Cc2ccccc2Cl)C1=O.CCSC(C)CC1CC(=O)C(/C(CC)=N/OC/C=C/Cl)=C(O)C1.Cc1ccc(NC(=O)N(C)C)cc1Cl.Cc1ccccc1COC1CC2(C(C)C)CCC1(C)O2. The molecule has 5 atom stereocenters. The minimum Gasteiger partial charge on any atom is -0.511 e. The molecule has 0 radical (unpaired) electrons. The fourth-order valence-electron chi connectivity index (χ4n) is 9.04. The van der Waals surface area contributed by atoms with Crippen LogP contribution in [0.15, 0.2) is 94.8 Å². The Bertz CT molecular complexity index is 2410. The maximum Gasteiger partial charge on any atom is 0.321 e. The number of thioether (sulfide) groups is 1. The Hall–Kier alpha value is -4.08. The van der Waals surface area contributed by atoms with Crippen molar-refractivity contribution in [3.8, 4) is 0 Å². The fourth-order valence-corrected chi connectivity index (χ4v) is 10.5. The molecule has 16 heteroatoms. The number of aliphatic hydroxyl groups excluding tert-OH is 1. The number of anilines is 1. The van der Waals surface area contributed by atoms with Gasteiger partial charge in [-0.05, 0) is 124 Å². The molecule has 3 heterocycles. The number of allylic oxidation sites excluding steroid dienone is 2. The first-order valence-corrected chi connectivity index (χ1v) is 27.5. The summed E-state index contributed by atoms with van der Waals surface area (Å²) in [5.74, 6) is 1.96. The maximum absolute atomic E-state index is 12.4. The Morgan fingerprint density at radius 3 is 2.22 bits per heavy atom. The number of hydrogen-bond donors (Lipinski definition) is 2. The van der Waals surface area contributed by atoms with Gasteiger partial charge in [0.25, 0.3) is 5.91 Å². The number of rotatable bonds is 16. The fraction of sp³-hybridized carbons (Fsp3) is 0.544. The Morgan fingerprint density at radius 1 is 0.973 bits per heavy atom. The number of nitrogens with zero attached hydrogens (tertiary/aromatic N) is 3. The number of benzene rings is 3. The molecule has 3 aromatic rings. The highest BCUT2D eigenvalue weighted by Crippen LogP contribution is 2.55. The highest BCUT2D eigenvalue weighted by atomic mass is 35.5. The van der Waals surface area contributed by atoms with Crippen LogP contribution in [0.25, 0.3) is 0 Å². The van der Waals surface area contributed by atoms with E-state index in [4.69, 9.17) is 54.0 Å². The van der Waals surface area contributed by atoms with E-state index in [2.05, 4.69) is 76.3 Å². The van der Waals surface area contributed by atoms with Crippen LogP contribution in [-0.4, -0.2) is 94.1 Å². The lowest BCUT2D eigenvalue weighted by Crippen LogP contribution is -2.38. The number of oxime groups is 1. The lowest BCUT2D eigenvalue weighted by atomic mass is 9.75. The van der Waals surface area contributed by atoms with Crippen LogP contribution in [-0.2, 0) is 41.9 Å². The van der Waals surface area contributed by atoms with Crippen molar-refractivity contribution in [2.45, 2.75) is 150 Å². The van der Waals surface area contributed by atoms with Crippen molar-refractivity contribution < 1.29 is 38.6 Å². The molecular weight excluding hydrogens is 1010 g/mol. The Balaban J connectivity index is 0.000000214. The van der Waals surface area contributed by atoms with E-state index in [0.717, 1.165) is 36.1 Å². The molecule has 2 bridgehead atoms. The maximum atomic E-state index is 12.4. The van der Waals surface area contributed by atoms with E-state index in [1.165, 1.54) is 33.0 Å². The number of hydrogen-bond acceptors (Lipinski definition) is 10. The third-order valence-corrected chi connectivity index (χ3v) is 15.7. The smallest absolute Gasteiger partial charge is 0.321 e. The zero-order valence-electron chi connectivity index (χ0n) is 45.0. The molecule has 2 N–H and O–H groups in total. The van der Waals surface area contributed by atoms with E-state index in [0.29, 0.717) is 77.2 Å². The lowest BCUT2D eigenvalue weighted by Gasteiger charge is -2.31. The van der Waals surface area contributed by atoms with E-state index < -0.39 is 5.41 Å². The monoisotopic (exact) mass is 1080 g/mol. The molecule has 3 aliphatic heterocycles. The number of ketones is 1. The summed E-state index contributed by atoms with van der Waals surface area (Å²) in [5, 5.41) is 20.2. The summed E-state index contributed by atoms with van der Waals surface area (Å²) in [5.41, 5.74) is 6.95. The summed E-state index contributed by atoms with van der Waals surface area (Å²) in [6.45, 7) is 22.6. The van der Waals surface area contributed by atoms with Gasteiger partial charge in [-0.1, -0.05) is 123 Å². The van der Waals surface area contributed by atoms with Crippen molar-refractivity contribution in [1.82, 2.24) is 9.96 Å². The molecule has 0 aromatic heterocycles. The predicted molar refractivity (Wildman–Crippen MR) is 300 cm³/mol. The average molecular weight is 1090 g/mol. The van der Waals surface area contributed by atoms with Crippen molar-refractivity contribution >= 4 is 75.7 Å². The number of Topliss-reactive ketones (excluding diaryl/α,β-unsaturated/α-hetero) is 1. The largest absolute Gasteiger partial charge is 0.511 e. The van der Waals surface area contributed by atoms with Gasteiger partial charge >= 0.3 is 6.03 Å². The molecule has 3 aromatic carbocycles. The molecule has 12 nitrogen and oxygen atoms in total. The van der Waals surface area contributed by atoms with Crippen molar-refractivity contribution in [3.05, 3.63) is 122 Å².